The standard InChI is InChI=1S/C20H22N10O10P2S/c21-15-9-17(25-3-23-15)29(5-27-9)19-12(32)13-8(38-19)1-35-41(33)39-14-11(31)7(2-36-42(34,43)40-13)37-20(14)30-6-28-10-16(22)24-4-26-18(10)30/h3-8,11-14,19-20,31-32H,1-2H2,(H4-,21,22,23,24,25,26,34,43)/p+1/t7-,8-,11?,12-,13-,14-,19-,20-,42?/m1/s1. The van der Waals surface area contributed by atoms with Gasteiger partial charge in [-0.1, -0.05) is 0 Å². The van der Waals surface area contributed by atoms with Gasteiger partial charge in [0.05, 0.1) is 19.3 Å². The lowest BCUT2D eigenvalue weighted by Gasteiger charge is -2.25. The Balaban J connectivity index is 1.18. The van der Waals surface area contributed by atoms with Gasteiger partial charge in [0, 0.05) is 4.57 Å². The van der Waals surface area contributed by atoms with Gasteiger partial charge < -0.3 is 40.6 Å². The smallest absolute Gasteiger partial charge is 0.387 e. The van der Waals surface area contributed by atoms with Crippen molar-refractivity contribution >= 4 is 60.7 Å². The SMILES string of the molecule is Nc1ncnc2c1ncn2[C@@H]1O[C@@H]2CO[P+](=O)O[C@@H]3C(O)[C@@H](COP(O)(=S)O[C@H]2[C@H]1O)O[C@H]3n1cnc2c(N)ncnc21. The fraction of sp³-hybridized carbons (Fsp3) is 0.500. The number of hydrogen-bond donors (Lipinski definition) is 5. The predicted molar refractivity (Wildman–Crippen MR) is 145 cm³/mol. The highest BCUT2D eigenvalue weighted by molar-refractivity contribution is 8.07. The van der Waals surface area contributed by atoms with Crippen LogP contribution >= 0.6 is 15.0 Å². The molecule has 0 amide bonds. The van der Waals surface area contributed by atoms with Gasteiger partial charge >= 0.3 is 15.0 Å². The molecule has 2 bridgehead atoms. The first kappa shape index (κ1) is 28.8. The molecule has 23 heteroatoms. The minimum absolute atomic E-state index is 0.112. The Labute approximate surface area is 246 Å². The summed E-state index contributed by atoms with van der Waals surface area (Å²) < 4.78 is 50.1. The average Bonchev–Trinajstić information content (AvgIpc) is 3.73. The number of nitrogens with zero attached hydrogens (tertiary/aromatic N) is 8. The molecule has 0 saturated carbocycles. The van der Waals surface area contributed by atoms with Gasteiger partial charge in [-0.25, -0.2) is 29.9 Å². The van der Waals surface area contributed by atoms with Crippen LogP contribution in [0.15, 0.2) is 25.3 Å². The van der Waals surface area contributed by atoms with E-state index in [4.69, 9.17) is 50.8 Å². The van der Waals surface area contributed by atoms with E-state index in [1.54, 1.807) is 0 Å². The van der Waals surface area contributed by atoms with Gasteiger partial charge in [0.2, 0.25) is 0 Å². The summed E-state index contributed by atoms with van der Waals surface area (Å²) in [5.74, 6) is 0.226. The normalized spacial score (nSPS) is 36.3. The number of nitrogens with two attached hydrogens (primary N) is 2. The molecule has 3 saturated heterocycles. The quantitative estimate of drug-likeness (QED) is 0.162. The van der Waals surface area contributed by atoms with Crippen molar-refractivity contribution in [1.29, 1.82) is 0 Å². The van der Waals surface area contributed by atoms with Crippen molar-refractivity contribution in [2.45, 2.75) is 49.1 Å². The fourth-order valence-electron chi connectivity index (χ4n) is 5.14. The molecule has 0 radical (unpaired) electrons. The molecule has 7 rings (SSSR count). The van der Waals surface area contributed by atoms with E-state index >= 15 is 0 Å². The van der Waals surface area contributed by atoms with Crippen LogP contribution in [0.4, 0.5) is 11.6 Å². The number of rotatable bonds is 2. The molecule has 4 aromatic heterocycles. The zero-order chi connectivity index (χ0) is 30.0. The second-order valence-electron chi connectivity index (χ2n) is 9.70. The molecule has 0 aliphatic carbocycles. The van der Waals surface area contributed by atoms with Gasteiger partial charge in [0.25, 0.3) is 0 Å². The highest BCUT2D eigenvalue weighted by Gasteiger charge is 2.54. The van der Waals surface area contributed by atoms with Crippen molar-refractivity contribution in [3.05, 3.63) is 25.3 Å². The zero-order valence-electron chi connectivity index (χ0n) is 21.6. The van der Waals surface area contributed by atoms with Crippen molar-refractivity contribution < 1.29 is 47.2 Å². The number of anilines is 2. The molecule has 20 nitrogen and oxygen atoms in total. The monoisotopic (exact) mass is 657 g/mol. The minimum Gasteiger partial charge on any atom is -0.387 e. The second-order valence-corrected chi connectivity index (χ2v) is 13.4. The number of nitrogen functional groups attached to an aromatic ring is 2. The van der Waals surface area contributed by atoms with Crippen LogP contribution in [0.25, 0.3) is 22.3 Å². The number of aromatic nitrogens is 8. The molecule has 3 aliphatic heterocycles. The van der Waals surface area contributed by atoms with Crippen LogP contribution in [-0.4, -0.2) is 104 Å². The van der Waals surface area contributed by atoms with Gasteiger partial charge in [-0.3, -0.25) is 13.7 Å². The van der Waals surface area contributed by atoms with Crippen molar-refractivity contribution in [2.75, 3.05) is 24.7 Å². The zero-order valence-corrected chi connectivity index (χ0v) is 24.2. The van der Waals surface area contributed by atoms with Crippen LogP contribution in [-0.2, 0) is 43.9 Å². The molecule has 4 aromatic rings. The molecule has 7 N–H and O–H groups in total. The molecule has 10 atom stereocenters. The largest absolute Gasteiger partial charge is 0.698 e. The molecule has 43 heavy (non-hydrogen) atoms. The highest BCUT2D eigenvalue weighted by Crippen LogP contribution is 2.51. The second kappa shape index (κ2) is 10.9. The Morgan fingerprint density at radius 1 is 0.860 bits per heavy atom. The topological polar surface area (TPSA) is 272 Å². The van der Waals surface area contributed by atoms with Gasteiger partial charge in [-0.15, -0.1) is 9.05 Å². The molecule has 3 unspecified atom stereocenters. The molecule has 0 spiro atoms. The van der Waals surface area contributed by atoms with Crippen LogP contribution in [0.1, 0.15) is 12.5 Å². The lowest BCUT2D eigenvalue weighted by Crippen LogP contribution is -2.36. The van der Waals surface area contributed by atoms with Crippen LogP contribution in [0.2, 0.25) is 0 Å². The van der Waals surface area contributed by atoms with E-state index in [0.717, 1.165) is 0 Å². The Morgan fingerprint density at radius 3 is 2.12 bits per heavy atom. The summed E-state index contributed by atoms with van der Waals surface area (Å²) in [7, 11) is -2.92. The first-order valence-electron chi connectivity index (χ1n) is 12.6. The molecule has 228 valence electrons. The third-order valence-electron chi connectivity index (χ3n) is 7.15. The van der Waals surface area contributed by atoms with E-state index in [1.807, 2.05) is 0 Å². The number of aliphatic hydroxyl groups excluding tert-OH is 2. The predicted octanol–water partition coefficient (Wildman–Crippen LogP) is -0.961. The van der Waals surface area contributed by atoms with E-state index < -0.39 is 77.3 Å². The van der Waals surface area contributed by atoms with Gasteiger partial charge in [0.1, 0.15) is 60.8 Å². The van der Waals surface area contributed by atoms with Crippen LogP contribution < -0.4 is 11.5 Å². The lowest BCUT2D eigenvalue weighted by molar-refractivity contribution is -0.0583. The van der Waals surface area contributed by atoms with Crippen molar-refractivity contribution in [2.24, 2.45) is 0 Å². The minimum atomic E-state index is -4.11. The van der Waals surface area contributed by atoms with E-state index in [9.17, 15) is 19.7 Å². The summed E-state index contributed by atoms with van der Waals surface area (Å²) in [6, 6.07) is 0. The Kier molecular flexibility index (Phi) is 7.32. The van der Waals surface area contributed by atoms with E-state index in [2.05, 4.69) is 29.9 Å². The summed E-state index contributed by atoms with van der Waals surface area (Å²) in [5.41, 5.74) is 12.8. The van der Waals surface area contributed by atoms with Gasteiger partial charge in [0.15, 0.2) is 41.5 Å². The van der Waals surface area contributed by atoms with Crippen LogP contribution in [0.3, 0.4) is 0 Å². The number of hydrogen-bond acceptors (Lipinski definition) is 18. The maximum Gasteiger partial charge on any atom is 0.698 e. The molecule has 3 aliphatic rings. The van der Waals surface area contributed by atoms with E-state index in [1.165, 1.54) is 34.4 Å². The maximum atomic E-state index is 13.0. The molecule has 0 aromatic carbocycles. The summed E-state index contributed by atoms with van der Waals surface area (Å²) in [4.78, 5) is 35.4. The number of imidazole rings is 2. The number of aliphatic hydroxyl groups is 2. The third kappa shape index (κ3) is 5.06. The van der Waals surface area contributed by atoms with Crippen molar-refractivity contribution in [1.82, 2.24) is 39.0 Å². The molecule has 3 fully saturated rings. The fourth-order valence-corrected chi connectivity index (χ4v) is 7.34. The first-order valence-corrected chi connectivity index (χ1v) is 16.3. The number of ether oxygens (including phenoxy) is 2. The van der Waals surface area contributed by atoms with Crippen LogP contribution in [0.5, 0.6) is 0 Å². The lowest BCUT2D eigenvalue weighted by atomic mass is 10.1. The van der Waals surface area contributed by atoms with E-state index in [0.29, 0.717) is 0 Å². The van der Waals surface area contributed by atoms with Crippen molar-refractivity contribution in [3.8, 4) is 0 Å². The summed E-state index contributed by atoms with van der Waals surface area (Å²) in [6.45, 7) is -5.03. The Hall–Kier alpha value is -2.91. The van der Waals surface area contributed by atoms with Crippen molar-refractivity contribution in [3.63, 3.8) is 0 Å². The van der Waals surface area contributed by atoms with Crippen LogP contribution in [0, 0.1) is 0 Å². The average molecular weight is 657 g/mol. The summed E-state index contributed by atoms with van der Waals surface area (Å²) >= 11 is 5.22. The molecular weight excluding hydrogens is 634 g/mol. The van der Waals surface area contributed by atoms with E-state index in [-0.39, 0.29) is 34.0 Å². The van der Waals surface area contributed by atoms with Gasteiger partial charge in [-0.2, -0.15) is 0 Å². The molecule has 7 heterocycles. The molecular formula is C20H23N10O10P2S+. The highest BCUT2D eigenvalue weighted by atomic mass is 32.5. The third-order valence-corrected chi connectivity index (χ3v) is 9.49. The summed E-state index contributed by atoms with van der Waals surface area (Å²) in [5, 5.41) is 22.3. The Bertz CT molecular complexity index is 1760. The first-order chi connectivity index (χ1) is 20.6. The van der Waals surface area contributed by atoms with Gasteiger partial charge in [-0.05, 0) is 11.8 Å². The maximum absolute atomic E-state index is 13.0. The number of fused-ring (bicyclic) bond motifs is 5. The summed E-state index contributed by atoms with van der Waals surface area (Å²) in [6.07, 6.45) is -4.94. The Morgan fingerprint density at radius 2 is 1.47 bits per heavy atom.